The number of H-pyrrole nitrogens is 1. The highest BCUT2D eigenvalue weighted by molar-refractivity contribution is 7.99. The molecule has 0 spiro atoms. The molecule has 2 rings (SSSR count). The normalized spacial score (nSPS) is 10.4. The molecular formula is C11H9ClN4O4S. The van der Waals surface area contributed by atoms with Crippen LogP contribution in [0, 0.1) is 10.1 Å². The van der Waals surface area contributed by atoms with Gasteiger partial charge in [0.25, 0.3) is 5.69 Å². The average molecular weight is 329 g/mol. The lowest BCUT2D eigenvalue weighted by Crippen LogP contribution is -2.06. The Morgan fingerprint density at radius 1 is 1.57 bits per heavy atom. The molecule has 21 heavy (non-hydrogen) atoms. The van der Waals surface area contributed by atoms with E-state index in [1.165, 1.54) is 12.4 Å². The third-order valence-electron chi connectivity index (χ3n) is 2.32. The predicted molar refractivity (Wildman–Crippen MR) is 74.6 cm³/mol. The van der Waals surface area contributed by atoms with Crippen LogP contribution < -0.4 is 0 Å². The van der Waals surface area contributed by atoms with Crippen LogP contribution in [0.25, 0.3) is 0 Å². The minimum absolute atomic E-state index is 0.0236. The molecule has 0 saturated heterocycles. The number of ether oxygens (including phenoxy) is 1. The van der Waals surface area contributed by atoms with E-state index in [-0.39, 0.29) is 27.8 Å². The fourth-order valence-electron chi connectivity index (χ4n) is 1.49. The highest BCUT2D eigenvalue weighted by Crippen LogP contribution is 2.39. The van der Waals surface area contributed by atoms with E-state index in [0.29, 0.717) is 5.16 Å². The smallest absolute Gasteiger partial charge is 0.338 e. The molecule has 1 N–H and O–H groups in total. The van der Waals surface area contributed by atoms with Crippen molar-refractivity contribution in [2.75, 3.05) is 6.61 Å². The van der Waals surface area contributed by atoms with E-state index in [2.05, 4.69) is 15.2 Å². The van der Waals surface area contributed by atoms with Gasteiger partial charge in [-0.2, -0.15) is 5.10 Å². The number of nitrogens with one attached hydrogen (secondary N) is 1. The number of aromatic amines is 1. The first-order chi connectivity index (χ1) is 10.0. The quantitative estimate of drug-likeness (QED) is 0.510. The minimum Gasteiger partial charge on any atom is -0.462 e. The van der Waals surface area contributed by atoms with E-state index in [9.17, 15) is 14.9 Å². The van der Waals surface area contributed by atoms with Crippen LogP contribution in [0.4, 0.5) is 5.69 Å². The molecule has 2 aromatic rings. The summed E-state index contributed by atoms with van der Waals surface area (Å²) >= 11 is 7.00. The van der Waals surface area contributed by atoms with Gasteiger partial charge in [0.1, 0.15) is 11.2 Å². The summed E-state index contributed by atoms with van der Waals surface area (Å²) in [6.45, 7) is 1.81. The van der Waals surface area contributed by atoms with Gasteiger partial charge in [-0.05, 0) is 24.8 Å². The maximum atomic E-state index is 11.7. The molecule has 0 radical (unpaired) electrons. The third kappa shape index (κ3) is 3.50. The zero-order chi connectivity index (χ0) is 15.4. The van der Waals surface area contributed by atoms with Crippen LogP contribution in [-0.4, -0.2) is 32.7 Å². The molecule has 0 bridgehead atoms. The molecule has 1 aromatic heterocycles. The number of rotatable bonds is 5. The lowest BCUT2D eigenvalue weighted by Gasteiger charge is -2.06. The van der Waals surface area contributed by atoms with Crippen molar-refractivity contribution in [3.05, 3.63) is 39.2 Å². The van der Waals surface area contributed by atoms with E-state index >= 15 is 0 Å². The van der Waals surface area contributed by atoms with Gasteiger partial charge in [0, 0.05) is 6.07 Å². The number of carbonyl (C=O) groups is 1. The molecule has 0 amide bonds. The van der Waals surface area contributed by atoms with Gasteiger partial charge in [0.15, 0.2) is 5.16 Å². The maximum absolute atomic E-state index is 11.7. The molecule has 0 fully saturated rings. The second kappa shape index (κ2) is 6.55. The van der Waals surface area contributed by atoms with Crippen LogP contribution in [0.3, 0.4) is 0 Å². The van der Waals surface area contributed by atoms with Gasteiger partial charge >= 0.3 is 5.97 Å². The van der Waals surface area contributed by atoms with Gasteiger partial charge in [0.05, 0.1) is 22.1 Å². The number of hydrogen-bond donors (Lipinski definition) is 1. The van der Waals surface area contributed by atoms with Crippen LogP contribution in [0.15, 0.2) is 28.5 Å². The molecule has 0 atom stereocenters. The number of esters is 1. The van der Waals surface area contributed by atoms with Gasteiger partial charge in [0.2, 0.25) is 0 Å². The number of nitrogens with zero attached hydrogens (tertiary/aromatic N) is 3. The highest BCUT2D eigenvalue weighted by atomic mass is 35.5. The highest BCUT2D eigenvalue weighted by Gasteiger charge is 2.23. The van der Waals surface area contributed by atoms with E-state index in [4.69, 9.17) is 16.3 Å². The summed E-state index contributed by atoms with van der Waals surface area (Å²) in [6, 6.07) is 2.45. The Morgan fingerprint density at radius 3 is 2.90 bits per heavy atom. The first-order valence-corrected chi connectivity index (χ1v) is 6.90. The van der Waals surface area contributed by atoms with Gasteiger partial charge in [-0.15, -0.1) is 0 Å². The Kier molecular flexibility index (Phi) is 4.76. The lowest BCUT2D eigenvalue weighted by atomic mass is 10.2. The Balaban J connectivity index is 2.45. The number of benzene rings is 1. The van der Waals surface area contributed by atoms with Crippen LogP contribution in [0.2, 0.25) is 5.02 Å². The van der Waals surface area contributed by atoms with Crippen LogP contribution in [-0.2, 0) is 4.74 Å². The zero-order valence-electron chi connectivity index (χ0n) is 10.7. The fourth-order valence-corrected chi connectivity index (χ4v) is 2.60. The molecule has 0 saturated carbocycles. The van der Waals surface area contributed by atoms with Crippen molar-refractivity contribution in [1.82, 2.24) is 15.2 Å². The van der Waals surface area contributed by atoms with Crippen LogP contribution >= 0.6 is 23.4 Å². The number of nitro groups is 1. The monoisotopic (exact) mass is 328 g/mol. The number of carbonyl (C=O) groups excluding carboxylic acids is 1. The van der Waals surface area contributed by atoms with Gasteiger partial charge < -0.3 is 4.74 Å². The molecule has 8 nitrogen and oxygen atoms in total. The molecule has 1 aromatic carbocycles. The topological polar surface area (TPSA) is 111 Å². The second-order valence-corrected chi connectivity index (χ2v) is 5.08. The molecule has 10 heteroatoms. The number of hydrogen-bond acceptors (Lipinski definition) is 7. The van der Waals surface area contributed by atoms with Crippen molar-refractivity contribution in [2.24, 2.45) is 0 Å². The Hall–Kier alpha value is -2.13. The van der Waals surface area contributed by atoms with Gasteiger partial charge in [-0.25, -0.2) is 9.78 Å². The number of aromatic nitrogens is 3. The Labute approximate surface area is 128 Å². The number of halogens is 1. The molecule has 0 aliphatic rings. The summed E-state index contributed by atoms with van der Waals surface area (Å²) < 4.78 is 4.81. The van der Waals surface area contributed by atoms with Crippen LogP contribution in [0.5, 0.6) is 0 Å². The van der Waals surface area contributed by atoms with Crippen LogP contribution in [0.1, 0.15) is 17.3 Å². The standard InChI is InChI=1S/C11H9ClN4O4S/c1-2-20-10(17)6-3-7(12)9(8(4-6)16(18)19)21-11-13-5-14-15-11/h3-5H,2H2,1H3,(H,13,14,15). The van der Waals surface area contributed by atoms with Crippen molar-refractivity contribution >= 4 is 35.0 Å². The molecule has 110 valence electrons. The van der Waals surface area contributed by atoms with Crippen molar-refractivity contribution in [3.8, 4) is 0 Å². The lowest BCUT2D eigenvalue weighted by molar-refractivity contribution is -0.387. The summed E-state index contributed by atoms with van der Waals surface area (Å²) in [6.07, 6.45) is 1.27. The van der Waals surface area contributed by atoms with Crippen molar-refractivity contribution in [1.29, 1.82) is 0 Å². The summed E-state index contributed by atoms with van der Waals surface area (Å²) in [4.78, 5) is 26.2. The summed E-state index contributed by atoms with van der Waals surface area (Å²) in [7, 11) is 0. The van der Waals surface area contributed by atoms with E-state index in [1.54, 1.807) is 6.92 Å². The second-order valence-electron chi connectivity index (χ2n) is 3.68. The Bertz CT molecular complexity index is 677. The summed E-state index contributed by atoms with van der Waals surface area (Å²) in [5.41, 5.74) is -0.276. The first-order valence-electron chi connectivity index (χ1n) is 5.71. The fraction of sp³-hybridized carbons (Fsp3) is 0.182. The molecule has 1 heterocycles. The summed E-state index contributed by atoms with van der Waals surface area (Å²) in [5, 5.41) is 17.8. The summed E-state index contributed by atoms with van der Waals surface area (Å²) in [5.74, 6) is -0.668. The van der Waals surface area contributed by atoms with Crippen molar-refractivity contribution in [3.63, 3.8) is 0 Å². The maximum Gasteiger partial charge on any atom is 0.338 e. The third-order valence-corrected chi connectivity index (χ3v) is 3.76. The Morgan fingerprint density at radius 2 is 2.33 bits per heavy atom. The molecule has 0 unspecified atom stereocenters. The predicted octanol–water partition coefficient (Wildman–Crippen LogP) is 2.69. The largest absolute Gasteiger partial charge is 0.462 e. The van der Waals surface area contributed by atoms with E-state index in [1.807, 2.05) is 0 Å². The molecule has 0 aliphatic heterocycles. The van der Waals surface area contributed by atoms with E-state index in [0.717, 1.165) is 17.8 Å². The number of nitro benzene ring substituents is 1. The minimum atomic E-state index is -0.668. The van der Waals surface area contributed by atoms with Gasteiger partial charge in [-0.1, -0.05) is 11.6 Å². The van der Waals surface area contributed by atoms with Crippen molar-refractivity contribution < 1.29 is 14.5 Å². The van der Waals surface area contributed by atoms with Crippen molar-refractivity contribution in [2.45, 2.75) is 17.0 Å². The average Bonchev–Trinajstić information content (AvgIpc) is 2.93. The zero-order valence-corrected chi connectivity index (χ0v) is 12.3. The first kappa shape index (κ1) is 15.3. The molecular weight excluding hydrogens is 320 g/mol. The SMILES string of the molecule is CCOC(=O)c1cc(Cl)c(Sc2ncn[nH]2)c([N+](=O)[O-])c1. The van der Waals surface area contributed by atoms with E-state index < -0.39 is 10.9 Å². The molecule has 0 aliphatic carbocycles. The van der Waals surface area contributed by atoms with Gasteiger partial charge in [-0.3, -0.25) is 15.2 Å².